The third kappa shape index (κ3) is 8.26. The van der Waals surface area contributed by atoms with Gasteiger partial charge in [0, 0.05) is 31.0 Å². The van der Waals surface area contributed by atoms with Crippen LogP contribution in [0.4, 0.5) is 24.5 Å². The van der Waals surface area contributed by atoms with Gasteiger partial charge in [-0.05, 0) is 55.6 Å². The molecular weight excluding hydrogens is 429 g/mol. The topological polar surface area (TPSA) is 91.0 Å². The first kappa shape index (κ1) is 24.7. The molecule has 8 nitrogen and oxygen atoms in total. The minimum atomic E-state index is -4.79. The summed E-state index contributed by atoms with van der Waals surface area (Å²) in [6.07, 6.45) is -4.79. The molecule has 2 N–H and O–H groups in total. The van der Waals surface area contributed by atoms with Gasteiger partial charge < -0.3 is 20.3 Å². The average molecular weight is 452 g/mol. The van der Waals surface area contributed by atoms with Gasteiger partial charge in [0.1, 0.15) is 5.75 Å². The number of alkyl halides is 3. The predicted octanol–water partition coefficient (Wildman–Crippen LogP) is 2.80. The van der Waals surface area contributed by atoms with E-state index in [1.54, 1.807) is 45.4 Å². The molecule has 0 saturated carbocycles. The van der Waals surface area contributed by atoms with Gasteiger partial charge in [-0.1, -0.05) is 0 Å². The maximum atomic E-state index is 12.2. The molecule has 0 fully saturated rings. The Kier molecular flexibility index (Phi) is 8.19. The molecule has 0 unspecified atom stereocenters. The highest BCUT2D eigenvalue weighted by atomic mass is 19.4. The fraction of sp³-hybridized carbons (Fsp3) is 0.286. The summed E-state index contributed by atoms with van der Waals surface area (Å²) in [6.45, 7) is -0.200. The molecule has 0 spiro atoms. The largest absolute Gasteiger partial charge is 0.573 e. The molecule has 2 aromatic rings. The molecule has 0 aliphatic rings. The van der Waals surface area contributed by atoms with Crippen LogP contribution in [0.15, 0.2) is 48.5 Å². The Hall–Kier alpha value is -3.60. The van der Waals surface area contributed by atoms with Crippen LogP contribution in [0.25, 0.3) is 0 Å². The summed E-state index contributed by atoms with van der Waals surface area (Å²) in [5.74, 6) is -1.36. The van der Waals surface area contributed by atoms with Gasteiger partial charge in [-0.15, -0.1) is 13.2 Å². The van der Waals surface area contributed by atoms with Crippen LogP contribution < -0.4 is 15.4 Å². The number of nitrogens with zero attached hydrogens (tertiary/aromatic N) is 2. The van der Waals surface area contributed by atoms with Crippen molar-refractivity contribution in [3.63, 3.8) is 0 Å². The number of amides is 3. The standard InChI is InChI=1S/C21H23F3N4O4/c1-27(2)20(31)14-4-6-15(7-5-14)25-18(29)12-28(3)13-19(30)26-16-8-10-17(11-9-16)32-21(22,23)24/h4-11H,12-13H2,1-3H3,(H,25,29)(H,26,30). The summed E-state index contributed by atoms with van der Waals surface area (Å²) in [5, 5.41) is 5.20. The van der Waals surface area contributed by atoms with E-state index in [4.69, 9.17) is 0 Å². The molecule has 0 saturated heterocycles. The van der Waals surface area contributed by atoms with Crippen molar-refractivity contribution in [1.29, 1.82) is 0 Å². The van der Waals surface area contributed by atoms with E-state index in [0.29, 0.717) is 11.3 Å². The van der Waals surface area contributed by atoms with Crippen molar-refractivity contribution in [3.05, 3.63) is 54.1 Å². The Labute approximate surface area is 182 Å². The molecule has 0 atom stereocenters. The van der Waals surface area contributed by atoms with Gasteiger partial charge in [0.15, 0.2) is 0 Å². The van der Waals surface area contributed by atoms with E-state index in [-0.39, 0.29) is 30.6 Å². The van der Waals surface area contributed by atoms with Gasteiger partial charge in [-0.3, -0.25) is 19.3 Å². The van der Waals surface area contributed by atoms with Crippen molar-refractivity contribution in [2.24, 2.45) is 0 Å². The van der Waals surface area contributed by atoms with Gasteiger partial charge >= 0.3 is 6.36 Å². The summed E-state index contributed by atoms with van der Waals surface area (Å²) in [4.78, 5) is 39.1. The van der Waals surface area contributed by atoms with E-state index in [9.17, 15) is 27.6 Å². The zero-order chi connectivity index (χ0) is 23.9. The molecule has 2 aromatic carbocycles. The first-order chi connectivity index (χ1) is 14.9. The Balaban J connectivity index is 1.80. The number of carbonyl (C=O) groups excluding carboxylic acids is 3. The lowest BCUT2D eigenvalue weighted by atomic mass is 10.2. The van der Waals surface area contributed by atoms with Crippen molar-refractivity contribution < 1.29 is 32.3 Å². The molecule has 0 aliphatic carbocycles. The zero-order valence-electron chi connectivity index (χ0n) is 17.7. The Morgan fingerprint density at radius 3 is 1.66 bits per heavy atom. The number of rotatable bonds is 8. The Morgan fingerprint density at radius 2 is 1.25 bits per heavy atom. The number of halogens is 3. The molecule has 0 bridgehead atoms. The number of benzene rings is 2. The number of hydrogen-bond acceptors (Lipinski definition) is 5. The molecule has 0 radical (unpaired) electrons. The highest BCUT2D eigenvalue weighted by Gasteiger charge is 2.31. The quantitative estimate of drug-likeness (QED) is 0.643. The van der Waals surface area contributed by atoms with Crippen molar-refractivity contribution in [3.8, 4) is 5.75 Å². The van der Waals surface area contributed by atoms with Gasteiger partial charge in [-0.25, -0.2) is 0 Å². The minimum absolute atomic E-state index is 0.0792. The van der Waals surface area contributed by atoms with E-state index in [2.05, 4.69) is 15.4 Å². The first-order valence-electron chi connectivity index (χ1n) is 9.39. The number of likely N-dealkylation sites (N-methyl/N-ethyl adjacent to an activating group) is 1. The predicted molar refractivity (Wildman–Crippen MR) is 112 cm³/mol. The van der Waals surface area contributed by atoms with Crippen LogP contribution in [0.2, 0.25) is 0 Å². The van der Waals surface area contributed by atoms with E-state index in [1.165, 1.54) is 21.9 Å². The molecule has 0 heterocycles. The number of ether oxygens (including phenoxy) is 1. The molecule has 0 aliphatic heterocycles. The Morgan fingerprint density at radius 1 is 0.812 bits per heavy atom. The van der Waals surface area contributed by atoms with Gasteiger partial charge in [0.05, 0.1) is 13.1 Å². The van der Waals surface area contributed by atoms with E-state index in [0.717, 1.165) is 12.1 Å². The van der Waals surface area contributed by atoms with E-state index >= 15 is 0 Å². The van der Waals surface area contributed by atoms with Gasteiger partial charge in [0.2, 0.25) is 11.8 Å². The fourth-order valence-corrected chi connectivity index (χ4v) is 2.64. The summed E-state index contributed by atoms with van der Waals surface area (Å²) in [6, 6.07) is 11.1. The molecule has 3 amide bonds. The molecule has 11 heteroatoms. The minimum Gasteiger partial charge on any atom is -0.406 e. The highest BCUT2D eigenvalue weighted by Crippen LogP contribution is 2.23. The average Bonchev–Trinajstić information content (AvgIpc) is 2.68. The zero-order valence-corrected chi connectivity index (χ0v) is 17.7. The van der Waals surface area contributed by atoms with Crippen molar-refractivity contribution in [2.45, 2.75) is 6.36 Å². The van der Waals surface area contributed by atoms with Gasteiger partial charge in [0.25, 0.3) is 5.91 Å². The monoisotopic (exact) mass is 452 g/mol. The second-order valence-corrected chi connectivity index (χ2v) is 7.12. The lowest BCUT2D eigenvalue weighted by molar-refractivity contribution is -0.274. The lowest BCUT2D eigenvalue weighted by Crippen LogP contribution is -2.36. The molecule has 32 heavy (non-hydrogen) atoms. The maximum Gasteiger partial charge on any atom is 0.573 e. The van der Waals surface area contributed by atoms with Crippen molar-refractivity contribution in [1.82, 2.24) is 9.80 Å². The lowest BCUT2D eigenvalue weighted by Gasteiger charge is -2.16. The van der Waals surface area contributed by atoms with Crippen LogP contribution >= 0.6 is 0 Å². The van der Waals surface area contributed by atoms with E-state index in [1.807, 2.05) is 0 Å². The summed E-state index contributed by atoms with van der Waals surface area (Å²) in [5.41, 5.74) is 1.28. The van der Waals surface area contributed by atoms with E-state index < -0.39 is 18.0 Å². The van der Waals surface area contributed by atoms with Crippen molar-refractivity contribution in [2.75, 3.05) is 44.9 Å². The van der Waals surface area contributed by atoms with Crippen LogP contribution in [0.5, 0.6) is 5.75 Å². The third-order valence-corrected chi connectivity index (χ3v) is 4.02. The molecule has 172 valence electrons. The highest BCUT2D eigenvalue weighted by molar-refractivity contribution is 5.96. The second-order valence-electron chi connectivity index (χ2n) is 7.12. The van der Waals surface area contributed by atoms with Crippen LogP contribution in [-0.2, 0) is 9.59 Å². The van der Waals surface area contributed by atoms with Crippen LogP contribution in [0.3, 0.4) is 0 Å². The van der Waals surface area contributed by atoms with Gasteiger partial charge in [-0.2, -0.15) is 0 Å². The number of nitrogens with one attached hydrogen (secondary N) is 2. The summed E-state index contributed by atoms with van der Waals surface area (Å²) in [7, 11) is 4.85. The summed E-state index contributed by atoms with van der Waals surface area (Å²) >= 11 is 0. The molecular formula is C21H23F3N4O4. The summed E-state index contributed by atoms with van der Waals surface area (Å²) < 4.78 is 40.3. The van der Waals surface area contributed by atoms with Crippen LogP contribution in [-0.4, -0.2) is 68.1 Å². The Bertz CT molecular complexity index is 945. The van der Waals surface area contributed by atoms with Crippen LogP contribution in [0, 0.1) is 0 Å². The molecule has 0 aromatic heterocycles. The maximum absolute atomic E-state index is 12.2. The van der Waals surface area contributed by atoms with Crippen LogP contribution in [0.1, 0.15) is 10.4 Å². The fourth-order valence-electron chi connectivity index (χ4n) is 2.64. The molecule has 2 rings (SSSR count). The SMILES string of the molecule is CN(CC(=O)Nc1ccc(OC(F)(F)F)cc1)CC(=O)Nc1ccc(C(=O)N(C)C)cc1. The first-order valence-corrected chi connectivity index (χ1v) is 9.39. The normalized spacial score (nSPS) is 11.1. The van der Waals surface area contributed by atoms with Crippen molar-refractivity contribution >= 4 is 29.1 Å². The second kappa shape index (κ2) is 10.6. The third-order valence-electron chi connectivity index (χ3n) is 4.02. The number of hydrogen-bond donors (Lipinski definition) is 2. The smallest absolute Gasteiger partial charge is 0.406 e. The number of anilines is 2. The number of carbonyl (C=O) groups is 3.